The minimum absolute atomic E-state index is 0.0619. The fourth-order valence-electron chi connectivity index (χ4n) is 4.23. The molecule has 1 aliphatic heterocycles. The first-order valence-corrected chi connectivity index (χ1v) is 10.8. The number of primary amides is 1. The minimum atomic E-state index is -1.05. The maximum absolute atomic E-state index is 15.6. The van der Waals surface area contributed by atoms with Crippen molar-refractivity contribution < 1.29 is 28.2 Å². The van der Waals surface area contributed by atoms with E-state index >= 15 is 4.39 Å². The Morgan fingerprint density at radius 1 is 1.32 bits per heavy atom. The second-order valence-electron chi connectivity index (χ2n) is 7.80. The van der Waals surface area contributed by atoms with Crippen LogP contribution in [0, 0.1) is 11.6 Å². The fraction of sp³-hybridized carbons (Fsp3) is 0.250. The Balaban J connectivity index is 1.97. The number of ether oxygens (including phenoxy) is 2. The molecule has 4 N–H and O–H groups in total. The minimum Gasteiger partial charge on any atom is -0.480 e. The first kappa shape index (κ1) is 23.9. The number of benzene rings is 2. The summed E-state index contributed by atoms with van der Waals surface area (Å²) >= 11 is 6.37. The van der Waals surface area contributed by atoms with E-state index in [9.17, 15) is 9.18 Å². The van der Waals surface area contributed by atoms with Crippen LogP contribution in [0.1, 0.15) is 21.5 Å². The van der Waals surface area contributed by atoms with Gasteiger partial charge in [0, 0.05) is 41.9 Å². The summed E-state index contributed by atoms with van der Waals surface area (Å²) in [5.41, 5.74) is 5.09. The molecule has 0 saturated heterocycles. The van der Waals surface area contributed by atoms with E-state index in [1.54, 1.807) is 7.05 Å². The number of nitrogens with zero attached hydrogens (tertiary/aromatic N) is 1. The van der Waals surface area contributed by atoms with Crippen LogP contribution in [-0.2, 0) is 12.0 Å². The number of halogens is 3. The van der Waals surface area contributed by atoms with E-state index in [0.717, 1.165) is 17.8 Å². The number of nitrogens with two attached hydrogens (primary N) is 1. The van der Waals surface area contributed by atoms with E-state index in [2.05, 4.69) is 10.3 Å². The van der Waals surface area contributed by atoms with Gasteiger partial charge in [-0.1, -0.05) is 41.9 Å². The van der Waals surface area contributed by atoms with Gasteiger partial charge in [-0.15, -0.1) is 0 Å². The van der Waals surface area contributed by atoms with Crippen molar-refractivity contribution in [3.8, 4) is 22.8 Å². The van der Waals surface area contributed by atoms with E-state index in [1.165, 1.54) is 0 Å². The number of carbonyl (C=O) groups excluding carboxylic acids is 1. The zero-order valence-corrected chi connectivity index (χ0v) is 19.0. The smallest absolute Gasteiger partial charge is 0.251 e. The molecule has 1 atom stereocenters. The Morgan fingerprint density at radius 2 is 2.06 bits per heavy atom. The van der Waals surface area contributed by atoms with Crippen LogP contribution in [0.3, 0.4) is 0 Å². The van der Waals surface area contributed by atoms with Gasteiger partial charge in [0.2, 0.25) is 0 Å². The third-order valence-electron chi connectivity index (χ3n) is 5.65. The van der Waals surface area contributed by atoms with Crippen molar-refractivity contribution in [3.05, 3.63) is 75.9 Å². The number of rotatable bonds is 8. The molecule has 10 heteroatoms. The van der Waals surface area contributed by atoms with Crippen molar-refractivity contribution in [2.45, 2.75) is 12.0 Å². The van der Waals surface area contributed by atoms with Crippen LogP contribution in [0.25, 0.3) is 11.1 Å². The maximum atomic E-state index is 15.6. The van der Waals surface area contributed by atoms with Gasteiger partial charge in [-0.05, 0) is 12.6 Å². The molecule has 2 aromatic carbocycles. The summed E-state index contributed by atoms with van der Waals surface area (Å²) < 4.78 is 42.0. The number of nitrogens with one attached hydrogen (secondary N) is 1. The van der Waals surface area contributed by atoms with Crippen molar-refractivity contribution in [1.29, 1.82) is 0 Å². The molecule has 0 spiro atoms. The average molecular weight is 490 g/mol. The number of hydrogen-bond donors (Lipinski definition) is 3. The summed E-state index contributed by atoms with van der Waals surface area (Å²) in [5, 5.41) is 11.7. The number of aliphatic hydroxyl groups is 1. The number of aromatic nitrogens is 1. The third kappa shape index (κ3) is 4.06. The van der Waals surface area contributed by atoms with Gasteiger partial charge in [-0.2, -0.15) is 0 Å². The quantitative estimate of drug-likeness (QED) is 0.448. The number of amides is 1. The van der Waals surface area contributed by atoms with E-state index in [1.807, 2.05) is 30.3 Å². The Hall–Kier alpha value is -3.27. The van der Waals surface area contributed by atoms with E-state index < -0.39 is 34.0 Å². The van der Waals surface area contributed by atoms with Crippen LogP contribution in [-0.4, -0.2) is 42.8 Å². The molecule has 0 saturated carbocycles. The highest BCUT2D eigenvalue weighted by Gasteiger charge is 2.43. The van der Waals surface area contributed by atoms with Crippen LogP contribution in [0.4, 0.5) is 8.78 Å². The summed E-state index contributed by atoms with van der Waals surface area (Å²) in [4.78, 5) is 16.0. The molecule has 0 fully saturated rings. The predicted molar refractivity (Wildman–Crippen MR) is 122 cm³/mol. The summed E-state index contributed by atoms with van der Waals surface area (Å²) in [7, 11) is 1.75. The summed E-state index contributed by atoms with van der Waals surface area (Å²) in [6.45, 7) is -0.269. The van der Waals surface area contributed by atoms with Crippen LogP contribution in [0.5, 0.6) is 11.6 Å². The van der Waals surface area contributed by atoms with Crippen molar-refractivity contribution in [2.75, 3.05) is 26.8 Å². The van der Waals surface area contributed by atoms with Gasteiger partial charge < -0.3 is 25.6 Å². The molecule has 1 amide bonds. The molecular weight excluding hydrogens is 468 g/mol. The largest absolute Gasteiger partial charge is 0.480 e. The molecule has 0 bridgehead atoms. The van der Waals surface area contributed by atoms with E-state index in [0.29, 0.717) is 12.1 Å². The molecule has 0 aliphatic carbocycles. The lowest BCUT2D eigenvalue weighted by molar-refractivity contribution is 0.0940. The number of pyridine rings is 1. The number of carbonyl (C=O) groups is 1. The van der Waals surface area contributed by atoms with Crippen molar-refractivity contribution >= 4 is 17.5 Å². The fourth-order valence-corrected chi connectivity index (χ4v) is 4.50. The Kier molecular flexibility index (Phi) is 6.70. The van der Waals surface area contributed by atoms with Crippen LogP contribution >= 0.6 is 11.6 Å². The van der Waals surface area contributed by atoms with E-state index in [-0.39, 0.29) is 42.1 Å². The SMILES string of the molecule is CNC[C@@]1(c2ccccc2)Cc2c(cc(F)c(Cl)c2-c2c(C(N)=O)cnc(OCCO)c2F)O1. The Morgan fingerprint density at radius 3 is 2.71 bits per heavy atom. The molecule has 0 radical (unpaired) electrons. The normalized spacial score (nSPS) is 16.7. The lowest BCUT2D eigenvalue weighted by atomic mass is 9.85. The first-order valence-electron chi connectivity index (χ1n) is 10.4. The van der Waals surface area contributed by atoms with Gasteiger partial charge in [0.05, 0.1) is 17.2 Å². The molecule has 0 unspecified atom stereocenters. The van der Waals surface area contributed by atoms with Crippen molar-refractivity contribution in [2.24, 2.45) is 5.73 Å². The monoisotopic (exact) mass is 489 g/mol. The molecule has 4 rings (SSSR count). The lowest BCUT2D eigenvalue weighted by Crippen LogP contribution is -2.41. The molecule has 3 aromatic rings. The zero-order chi connectivity index (χ0) is 24.5. The summed E-state index contributed by atoms with van der Waals surface area (Å²) in [5.74, 6) is -3.20. The highest BCUT2D eigenvalue weighted by Crippen LogP contribution is 2.50. The maximum Gasteiger partial charge on any atom is 0.251 e. The molecule has 178 valence electrons. The van der Waals surface area contributed by atoms with Crippen molar-refractivity contribution in [3.63, 3.8) is 0 Å². The second-order valence-corrected chi connectivity index (χ2v) is 8.17. The van der Waals surface area contributed by atoms with Gasteiger partial charge in [-0.3, -0.25) is 4.79 Å². The highest BCUT2D eigenvalue weighted by molar-refractivity contribution is 6.34. The second kappa shape index (κ2) is 9.54. The molecule has 34 heavy (non-hydrogen) atoms. The van der Waals surface area contributed by atoms with Gasteiger partial charge >= 0.3 is 0 Å². The van der Waals surface area contributed by atoms with Gasteiger partial charge in [0.15, 0.2) is 11.4 Å². The van der Waals surface area contributed by atoms with Crippen LogP contribution < -0.4 is 20.5 Å². The molecule has 1 aliphatic rings. The molecule has 2 heterocycles. The highest BCUT2D eigenvalue weighted by atomic mass is 35.5. The molecule has 7 nitrogen and oxygen atoms in total. The topological polar surface area (TPSA) is 107 Å². The van der Waals surface area contributed by atoms with Gasteiger partial charge in [-0.25, -0.2) is 13.8 Å². The number of likely N-dealkylation sites (N-methyl/N-ethyl adjacent to an activating group) is 1. The third-order valence-corrected chi connectivity index (χ3v) is 6.02. The van der Waals surface area contributed by atoms with Gasteiger partial charge in [0.25, 0.3) is 11.8 Å². The predicted octanol–water partition coefficient (Wildman–Crippen LogP) is 3.20. The van der Waals surface area contributed by atoms with E-state index in [4.69, 9.17) is 31.9 Å². The van der Waals surface area contributed by atoms with Crippen molar-refractivity contribution in [1.82, 2.24) is 10.3 Å². The van der Waals surface area contributed by atoms with Crippen LogP contribution in [0.15, 0.2) is 42.6 Å². The first-order chi connectivity index (χ1) is 16.3. The summed E-state index contributed by atoms with van der Waals surface area (Å²) in [6.07, 6.45) is 1.24. The lowest BCUT2D eigenvalue weighted by Gasteiger charge is -2.29. The van der Waals surface area contributed by atoms with Crippen LogP contribution in [0.2, 0.25) is 5.02 Å². The summed E-state index contributed by atoms with van der Waals surface area (Å²) in [6, 6.07) is 10.5. The number of aliphatic hydroxyl groups excluding tert-OH is 1. The average Bonchev–Trinajstić information content (AvgIpc) is 3.19. The molecule has 1 aromatic heterocycles. The Bertz CT molecular complexity index is 1240. The number of hydrogen-bond acceptors (Lipinski definition) is 6. The zero-order valence-electron chi connectivity index (χ0n) is 18.2. The molecular formula is C24H22ClF2N3O4. The Labute approximate surface area is 199 Å². The standard InChI is InChI=1S/C24H22ClF2N3O4/c1-29-12-24(13-5-3-2-4-6-13)10-14-17(34-24)9-16(26)20(25)18(14)19-15(22(28)32)11-30-23(21(19)27)33-8-7-31/h2-6,9,11,29,31H,7-8,10,12H2,1H3,(H2,28,32)/t24-/m1/s1. The number of fused-ring (bicyclic) bond motifs is 1. The van der Waals surface area contributed by atoms with Gasteiger partial charge in [0.1, 0.15) is 18.2 Å².